The summed E-state index contributed by atoms with van der Waals surface area (Å²) in [4.78, 5) is 11.0. The van der Waals surface area contributed by atoms with Gasteiger partial charge < -0.3 is 0 Å². The van der Waals surface area contributed by atoms with E-state index in [1.165, 1.54) is 19.8 Å². The van der Waals surface area contributed by atoms with E-state index in [4.69, 9.17) is 0 Å². The Morgan fingerprint density at radius 1 is 1.78 bits per heavy atom. The van der Waals surface area contributed by atoms with Crippen molar-refractivity contribution >= 4 is 40.2 Å². The van der Waals surface area contributed by atoms with E-state index in [9.17, 15) is 4.79 Å². The molecule has 0 bridgehead atoms. The summed E-state index contributed by atoms with van der Waals surface area (Å²) in [5.41, 5.74) is 1.20. The summed E-state index contributed by atoms with van der Waals surface area (Å²) in [6.45, 7) is 2.01. The van der Waals surface area contributed by atoms with Crippen LogP contribution in [0.25, 0.3) is 0 Å². The molecule has 0 saturated heterocycles. The van der Waals surface area contributed by atoms with Crippen LogP contribution in [-0.2, 0) is 0 Å². The average Bonchev–Trinajstić information content (AvgIpc) is 2.13. The third-order valence-electron chi connectivity index (χ3n) is 0.992. The minimum atomic E-state index is 0.817. The van der Waals surface area contributed by atoms with Crippen LogP contribution in [0.4, 0.5) is 0 Å². The van der Waals surface area contributed by atoms with Gasteiger partial charge in [-0.15, -0.1) is 11.3 Å². The van der Waals surface area contributed by atoms with Crippen LogP contribution < -0.4 is 0 Å². The van der Waals surface area contributed by atoms with Crippen molar-refractivity contribution in [1.82, 2.24) is 0 Å². The van der Waals surface area contributed by atoms with Crippen LogP contribution in [0.5, 0.6) is 0 Å². The second-order valence-electron chi connectivity index (χ2n) is 1.72. The Hall–Kier alpha value is 0.100. The number of carbonyl (C=O) groups is 1. The van der Waals surface area contributed by atoms with Crippen molar-refractivity contribution in [3.05, 3.63) is 19.4 Å². The Morgan fingerprint density at radius 2 is 2.44 bits per heavy atom. The summed E-state index contributed by atoms with van der Waals surface area (Å²) in [7, 11) is 0. The minimum Gasteiger partial charge on any atom is -0.297 e. The van der Waals surface area contributed by atoms with Crippen LogP contribution in [0.15, 0.2) is 6.07 Å². The van der Waals surface area contributed by atoms with E-state index in [-0.39, 0.29) is 0 Å². The van der Waals surface area contributed by atoms with Crippen LogP contribution in [0.3, 0.4) is 0 Å². The van der Waals surface area contributed by atoms with Gasteiger partial charge in [0.15, 0.2) is 6.29 Å². The summed E-state index contributed by atoms with van der Waals surface area (Å²) >= 11 is 3.76. The molecular formula is C6H5IOS. The fourth-order valence-electron chi connectivity index (χ4n) is 0.542. The molecule has 0 radical (unpaired) electrons. The molecule has 0 unspecified atom stereocenters. The number of halogens is 1. The number of hydrogen-bond donors (Lipinski definition) is 0. The highest BCUT2D eigenvalue weighted by atomic mass is 127. The molecule has 1 aromatic rings. The molecule has 0 aliphatic carbocycles. The molecule has 0 amide bonds. The first-order valence-electron chi connectivity index (χ1n) is 2.45. The standard InChI is InChI=1S/C6H5IOS/c1-4-2-5(3-8)9-6(4)7/h2-3H,1H3. The van der Waals surface area contributed by atoms with Crippen molar-refractivity contribution in [2.75, 3.05) is 0 Å². The summed E-state index contributed by atoms with van der Waals surface area (Å²) in [6.07, 6.45) is 0.889. The number of aldehydes is 1. The van der Waals surface area contributed by atoms with E-state index in [1.807, 2.05) is 13.0 Å². The summed E-state index contributed by atoms with van der Waals surface area (Å²) in [6, 6.07) is 1.90. The molecule has 0 saturated carbocycles. The highest BCUT2D eigenvalue weighted by Gasteiger charge is 1.99. The van der Waals surface area contributed by atoms with Crippen molar-refractivity contribution in [1.29, 1.82) is 0 Å². The third kappa shape index (κ3) is 1.52. The molecule has 1 aromatic heterocycles. The molecule has 0 aromatic carbocycles. The first-order chi connectivity index (χ1) is 4.24. The molecule has 48 valence electrons. The van der Waals surface area contributed by atoms with Gasteiger partial charge >= 0.3 is 0 Å². The molecule has 9 heavy (non-hydrogen) atoms. The lowest BCUT2D eigenvalue weighted by Gasteiger charge is -1.77. The first kappa shape index (κ1) is 7.21. The van der Waals surface area contributed by atoms with Crippen LogP contribution in [0.1, 0.15) is 15.2 Å². The summed E-state index contributed by atoms with van der Waals surface area (Å²) < 4.78 is 1.20. The van der Waals surface area contributed by atoms with E-state index >= 15 is 0 Å². The van der Waals surface area contributed by atoms with E-state index in [2.05, 4.69) is 22.6 Å². The molecule has 1 nitrogen and oxygen atoms in total. The monoisotopic (exact) mass is 252 g/mol. The Morgan fingerprint density at radius 3 is 2.67 bits per heavy atom. The topological polar surface area (TPSA) is 17.1 Å². The Bertz CT molecular complexity index is 209. The van der Waals surface area contributed by atoms with Crippen LogP contribution in [0, 0.1) is 9.81 Å². The van der Waals surface area contributed by atoms with Gasteiger partial charge in [0, 0.05) is 0 Å². The number of rotatable bonds is 1. The minimum absolute atomic E-state index is 0.817. The molecule has 0 fully saturated rings. The molecule has 0 aliphatic heterocycles. The van der Waals surface area contributed by atoms with Gasteiger partial charge in [0.05, 0.1) is 7.76 Å². The molecule has 0 spiro atoms. The Balaban J connectivity index is 3.11. The highest BCUT2D eigenvalue weighted by molar-refractivity contribution is 14.1. The lowest BCUT2D eigenvalue weighted by Crippen LogP contribution is -1.64. The number of carbonyl (C=O) groups excluding carboxylic acids is 1. The van der Waals surface area contributed by atoms with Gasteiger partial charge in [0.1, 0.15) is 0 Å². The van der Waals surface area contributed by atoms with Crippen LogP contribution in [0.2, 0.25) is 0 Å². The zero-order valence-electron chi connectivity index (χ0n) is 4.85. The predicted octanol–water partition coefficient (Wildman–Crippen LogP) is 2.47. The molecular weight excluding hydrogens is 247 g/mol. The SMILES string of the molecule is Cc1cc(C=O)sc1I. The van der Waals surface area contributed by atoms with Crippen molar-refractivity contribution in [2.45, 2.75) is 6.92 Å². The second kappa shape index (κ2) is 2.79. The van der Waals surface area contributed by atoms with E-state index < -0.39 is 0 Å². The normalized spacial score (nSPS) is 9.56. The lowest BCUT2D eigenvalue weighted by molar-refractivity contribution is 0.112. The zero-order valence-corrected chi connectivity index (χ0v) is 7.82. The Kier molecular flexibility index (Phi) is 2.23. The van der Waals surface area contributed by atoms with E-state index in [1.54, 1.807) is 0 Å². The quantitative estimate of drug-likeness (QED) is 0.554. The van der Waals surface area contributed by atoms with Gasteiger partial charge in [0.2, 0.25) is 0 Å². The van der Waals surface area contributed by atoms with Crippen LogP contribution >= 0.6 is 33.9 Å². The summed E-state index contributed by atoms with van der Waals surface area (Å²) in [5, 5.41) is 0. The number of hydrogen-bond acceptors (Lipinski definition) is 2. The first-order valence-corrected chi connectivity index (χ1v) is 4.34. The van der Waals surface area contributed by atoms with Gasteiger partial charge in [0.25, 0.3) is 0 Å². The average molecular weight is 252 g/mol. The molecule has 1 rings (SSSR count). The van der Waals surface area contributed by atoms with Gasteiger partial charge in [-0.25, -0.2) is 0 Å². The highest BCUT2D eigenvalue weighted by Crippen LogP contribution is 2.21. The van der Waals surface area contributed by atoms with Crippen molar-refractivity contribution < 1.29 is 4.79 Å². The largest absolute Gasteiger partial charge is 0.297 e. The fraction of sp³-hybridized carbons (Fsp3) is 0.167. The van der Waals surface area contributed by atoms with Crippen molar-refractivity contribution in [3.63, 3.8) is 0 Å². The van der Waals surface area contributed by atoms with Gasteiger partial charge in [-0.05, 0) is 41.1 Å². The maximum atomic E-state index is 10.2. The number of thiophene rings is 1. The molecule has 1 heterocycles. The molecule has 0 N–H and O–H groups in total. The van der Waals surface area contributed by atoms with Crippen LogP contribution in [-0.4, -0.2) is 6.29 Å². The summed E-state index contributed by atoms with van der Waals surface area (Å²) in [5.74, 6) is 0. The zero-order chi connectivity index (χ0) is 6.85. The second-order valence-corrected chi connectivity index (χ2v) is 4.62. The van der Waals surface area contributed by atoms with Crippen molar-refractivity contribution in [3.8, 4) is 0 Å². The van der Waals surface area contributed by atoms with E-state index in [0.29, 0.717) is 0 Å². The lowest BCUT2D eigenvalue weighted by atomic mass is 10.3. The van der Waals surface area contributed by atoms with Gasteiger partial charge in [-0.1, -0.05) is 0 Å². The molecule has 0 atom stereocenters. The van der Waals surface area contributed by atoms with Crippen molar-refractivity contribution in [2.24, 2.45) is 0 Å². The maximum absolute atomic E-state index is 10.2. The third-order valence-corrected chi connectivity index (χ3v) is 3.45. The van der Waals surface area contributed by atoms with Gasteiger partial charge in [-0.2, -0.15) is 0 Å². The number of aryl methyl sites for hydroxylation is 1. The fourth-order valence-corrected chi connectivity index (χ4v) is 2.17. The Labute approximate surface area is 71.2 Å². The maximum Gasteiger partial charge on any atom is 0.160 e. The molecule has 0 aliphatic rings. The van der Waals surface area contributed by atoms with E-state index in [0.717, 1.165) is 11.2 Å². The smallest absolute Gasteiger partial charge is 0.160 e. The van der Waals surface area contributed by atoms with Gasteiger partial charge in [-0.3, -0.25) is 4.79 Å². The molecule has 3 heteroatoms. The predicted molar refractivity (Wildman–Crippen MR) is 47.2 cm³/mol.